The molecule has 0 aliphatic carbocycles. The van der Waals surface area contributed by atoms with Gasteiger partial charge in [-0.2, -0.15) is 0 Å². The van der Waals surface area contributed by atoms with Gasteiger partial charge in [0.05, 0.1) is 6.61 Å². The Morgan fingerprint density at radius 2 is 2.00 bits per heavy atom. The van der Waals surface area contributed by atoms with Gasteiger partial charge < -0.3 is 9.84 Å². The van der Waals surface area contributed by atoms with Crippen LogP contribution >= 0.6 is 0 Å². The molecule has 1 heterocycles. The Bertz CT molecular complexity index is 605. The van der Waals surface area contributed by atoms with Gasteiger partial charge in [-0.25, -0.2) is 4.39 Å². The summed E-state index contributed by atoms with van der Waals surface area (Å²) in [6.07, 6.45) is -1.14. The maximum Gasteiger partial charge on any atom is 0.123 e. The van der Waals surface area contributed by atoms with Crippen molar-refractivity contribution >= 4 is 0 Å². The Morgan fingerprint density at radius 1 is 1.18 bits per heavy atom. The molecule has 3 rings (SSSR count). The van der Waals surface area contributed by atoms with E-state index in [0.717, 1.165) is 13.1 Å². The Hall–Kier alpha value is -1.75. The van der Waals surface area contributed by atoms with Crippen LogP contribution in [-0.4, -0.2) is 35.8 Å². The summed E-state index contributed by atoms with van der Waals surface area (Å²) in [5.41, 5.74) is 1.80. The van der Waals surface area contributed by atoms with Crippen molar-refractivity contribution in [2.24, 2.45) is 0 Å². The zero-order chi connectivity index (χ0) is 15.4. The van der Waals surface area contributed by atoms with Crippen LogP contribution in [0.1, 0.15) is 17.2 Å². The lowest BCUT2D eigenvalue weighted by Crippen LogP contribution is -2.44. The molecule has 0 amide bonds. The summed E-state index contributed by atoms with van der Waals surface area (Å²) in [7, 11) is 0. The van der Waals surface area contributed by atoms with E-state index in [1.54, 1.807) is 12.1 Å². The molecule has 0 bridgehead atoms. The molecule has 0 unspecified atom stereocenters. The van der Waals surface area contributed by atoms with E-state index < -0.39 is 6.10 Å². The molecule has 0 radical (unpaired) electrons. The van der Waals surface area contributed by atoms with Gasteiger partial charge in [-0.15, -0.1) is 0 Å². The molecule has 1 fully saturated rings. The van der Waals surface area contributed by atoms with Crippen LogP contribution in [0.25, 0.3) is 0 Å². The fraction of sp³-hybridized carbons (Fsp3) is 0.333. The highest BCUT2D eigenvalue weighted by atomic mass is 19.1. The summed E-state index contributed by atoms with van der Waals surface area (Å²) in [6.45, 7) is 2.87. The van der Waals surface area contributed by atoms with Crippen LogP contribution < -0.4 is 0 Å². The third kappa shape index (κ3) is 3.71. The minimum atomic E-state index is -0.811. The van der Waals surface area contributed by atoms with E-state index in [1.165, 1.54) is 17.7 Å². The van der Waals surface area contributed by atoms with Crippen molar-refractivity contribution in [1.29, 1.82) is 0 Å². The van der Waals surface area contributed by atoms with E-state index in [-0.39, 0.29) is 11.9 Å². The zero-order valence-electron chi connectivity index (χ0n) is 12.4. The molecule has 116 valence electrons. The molecular formula is C18H20FNO2. The van der Waals surface area contributed by atoms with Gasteiger partial charge in [-0.1, -0.05) is 42.5 Å². The fourth-order valence-corrected chi connectivity index (χ4v) is 2.81. The predicted octanol–water partition coefficient (Wildman–Crippen LogP) is 2.76. The van der Waals surface area contributed by atoms with E-state index in [1.807, 2.05) is 18.2 Å². The Balaban J connectivity index is 1.65. The van der Waals surface area contributed by atoms with E-state index in [0.29, 0.717) is 18.7 Å². The average molecular weight is 301 g/mol. The molecule has 0 spiro atoms. The lowest BCUT2D eigenvalue weighted by atomic mass is 10.0. The monoisotopic (exact) mass is 301 g/mol. The number of hydrogen-bond acceptors (Lipinski definition) is 3. The summed E-state index contributed by atoms with van der Waals surface area (Å²) >= 11 is 0. The largest absolute Gasteiger partial charge is 0.386 e. The van der Waals surface area contributed by atoms with Gasteiger partial charge in [0.25, 0.3) is 0 Å². The molecule has 0 aromatic heterocycles. The molecule has 22 heavy (non-hydrogen) atoms. The second kappa shape index (κ2) is 7.01. The molecule has 2 aromatic rings. The number of benzene rings is 2. The van der Waals surface area contributed by atoms with Crippen molar-refractivity contribution in [2.45, 2.75) is 18.8 Å². The summed E-state index contributed by atoms with van der Waals surface area (Å²) in [6, 6.07) is 16.3. The number of hydrogen-bond donors (Lipinski definition) is 1. The minimum absolute atomic E-state index is 0.334. The molecule has 3 nitrogen and oxygen atoms in total. The number of nitrogens with zero attached hydrogens (tertiary/aromatic N) is 1. The highest BCUT2D eigenvalue weighted by Crippen LogP contribution is 2.23. The van der Waals surface area contributed by atoms with Gasteiger partial charge in [0.1, 0.15) is 18.0 Å². The van der Waals surface area contributed by atoms with Gasteiger partial charge in [-0.05, 0) is 23.3 Å². The molecule has 2 aromatic carbocycles. The van der Waals surface area contributed by atoms with E-state index >= 15 is 0 Å². The molecular weight excluding hydrogens is 281 g/mol. The number of morpholine rings is 1. The van der Waals surface area contributed by atoms with Crippen LogP contribution in [0.5, 0.6) is 0 Å². The maximum atomic E-state index is 13.3. The number of aliphatic hydroxyl groups excluding tert-OH is 1. The quantitative estimate of drug-likeness (QED) is 0.942. The van der Waals surface area contributed by atoms with Crippen LogP contribution in [-0.2, 0) is 11.3 Å². The van der Waals surface area contributed by atoms with Gasteiger partial charge in [0.2, 0.25) is 0 Å². The number of aliphatic hydroxyl groups is 1. The van der Waals surface area contributed by atoms with E-state index in [2.05, 4.69) is 17.0 Å². The predicted molar refractivity (Wildman–Crippen MR) is 82.8 cm³/mol. The van der Waals surface area contributed by atoms with Crippen molar-refractivity contribution in [3.8, 4) is 0 Å². The van der Waals surface area contributed by atoms with Gasteiger partial charge in [0, 0.05) is 19.6 Å². The SMILES string of the molecule is O[C@@H](c1cccc(F)c1)[C@@H]1CN(Cc2ccccc2)CCO1. The second-order valence-corrected chi connectivity index (χ2v) is 5.63. The van der Waals surface area contributed by atoms with Crippen LogP contribution in [0, 0.1) is 5.82 Å². The normalized spacial score (nSPS) is 20.7. The van der Waals surface area contributed by atoms with Crippen molar-refractivity contribution < 1.29 is 14.2 Å². The smallest absolute Gasteiger partial charge is 0.123 e. The summed E-state index contributed by atoms with van der Waals surface area (Å²) in [5.74, 6) is -0.339. The molecule has 1 saturated heterocycles. The molecule has 4 heteroatoms. The topological polar surface area (TPSA) is 32.7 Å². The van der Waals surface area contributed by atoms with E-state index in [9.17, 15) is 9.50 Å². The zero-order valence-corrected chi connectivity index (χ0v) is 12.4. The van der Waals surface area contributed by atoms with Crippen molar-refractivity contribution in [1.82, 2.24) is 4.90 Å². The maximum absolute atomic E-state index is 13.3. The van der Waals surface area contributed by atoms with Gasteiger partial charge >= 0.3 is 0 Å². The molecule has 1 aliphatic rings. The van der Waals surface area contributed by atoms with Crippen molar-refractivity contribution in [3.05, 3.63) is 71.5 Å². The third-order valence-electron chi connectivity index (χ3n) is 3.97. The highest BCUT2D eigenvalue weighted by molar-refractivity contribution is 5.20. The van der Waals surface area contributed by atoms with E-state index in [4.69, 9.17) is 4.74 Å². The first kappa shape index (κ1) is 15.2. The number of rotatable bonds is 4. The highest BCUT2D eigenvalue weighted by Gasteiger charge is 2.28. The standard InChI is InChI=1S/C18H20FNO2/c19-16-8-4-7-15(11-16)18(21)17-13-20(9-10-22-17)12-14-5-2-1-3-6-14/h1-8,11,17-18,21H,9-10,12-13H2/t17-,18-/m0/s1. The van der Waals surface area contributed by atoms with Crippen LogP contribution in [0.4, 0.5) is 4.39 Å². The second-order valence-electron chi connectivity index (χ2n) is 5.63. The lowest BCUT2D eigenvalue weighted by Gasteiger charge is -2.35. The van der Waals surface area contributed by atoms with Crippen LogP contribution in [0.3, 0.4) is 0 Å². The first-order valence-electron chi connectivity index (χ1n) is 7.54. The Kier molecular flexibility index (Phi) is 4.83. The summed E-state index contributed by atoms with van der Waals surface area (Å²) in [5, 5.41) is 10.4. The van der Waals surface area contributed by atoms with Crippen molar-refractivity contribution in [3.63, 3.8) is 0 Å². The van der Waals surface area contributed by atoms with Gasteiger partial charge in [0.15, 0.2) is 0 Å². The summed E-state index contributed by atoms with van der Waals surface area (Å²) < 4.78 is 19.0. The van der Waals surface area contributed by atoms with Gasteiger partial charge in [-0.3, -0.25) is 4.90 Å². The molecule has 2 atom stereocenters. The third-order valence-corrected chi connectivity index (χ3v) is 3.97. The Labute approximate surface area is 130 Å². The fourth-order valence-electron chi connectivity index (χ4n) is 2.81. The minimum Gasteiger partial charge on any atom is -0.386 e. The van der Waals surface area contributed by atoms with Crippen LogP contribution in [0.2, 0.25) is 0 Å². The van der Waals surface area contributed by atoms with Crippen LogP contribution in [0.15, 0.2) is 54.6 Å². The number of halogens is 1. The lowest BCUT2D eigenvalue weighted by molar-refractivity contribution is -0.0919. The number of ether oxygens (including phenoxy) is 1. The molecule has 0 saturated carbocycles. The van der Waals surface area contributed by atoms with Crippen molar-refractivity contribution in [2.75, 3.05) is 19.7 Å². The Morgan fingerprint density at radius 3 is 2.77 bits per heavy atom. The first-order chi connectivity index (χ1) is 10.7. The average Bonchev–Trinajstić information content (AvgIpc) is 2.55. The first-order valence-corrected chi connectivity index (χ1v) is 7.54. The molecule has 1 aliphatic heterocycles. The molecule has 1 N–H and O–H groups in total. The summed E-state index contributed by atoms with van der Waals surface area (Å²) in [4.78, 5) is 2.26.